The number of para-hydroxylation sites is 2. The Morgan fingerprint density at radius 2 is 1.14 bits per heavy atom. The summed E-state index contributed by atoms with van der Waals surface area (Å²) >= 11 is 5.87. The van der Waals surface area contributed by atoms with E-state index in [9.17, 15) is 0 Å². The highest BCUT2D eigenvalue weighted by atomic mass is 35.5. The molecule has 0 aliphatic heterocycles. The highest BCUT2D eigenvalue weighted by Crippen LogP contribution is 2.29. The fourth-order valence-electron chi connectivity index (χ4n) is 3.09. The first kappa shape index (κ1) is 13.4. The van der Waals surface area contributed by atoms with Gasteiger partial charge in [0.05, 0.1) is 0 Å². The lowest BCUT2D eigenvalue weighted by Gasteiger charge is -2.08. The second-order valence-electron chi connectivity index (χ2n) is 5.57. The molecule has 0 amide bonds. The van der Waals surface area contributed by atoms with Crippen LogP contribution in [-0.2, 0) is 12.4 Å². The highest BCUT2D eigenvalue weighted by Gasteiger charge is 2.09. The summed E-state index contributed by atoms with van der Waals surface area (Å²) in [5, 5.41) is 2.63. The SMILES string of the molecule is ClCc1ccc(Cn2c3ccccc3c3ccccc32)cc1. The van der Waals surface area contributed by atoms with Gasteiger partial charge in [-0.1, -0.05) is 60.7 Å². The summed E-state index contributed by atoms with van der Waals surface area (Å²) in [6.07, 6.45) is 0. The first-order valence-corrected chi connectivity index (χ1v) is 8.00. The largest absolute Gasteiger partial charge is 0.336 e. The molecule has 4 rings (SSSR count). The molecule has 4 aromatic rings. The standard InChI is InChI=1S/C20H16ClN/c21-13-15-9-11-16(12-10-15)14-22-19-7-3-1-5-17(19)18-6-2-4-8-20(18)22/h1-12H,13-14H2. The predicted octanol–water partition coefficient (Wildman–Crippen LogP) is 5.58. The van der Waals surface area contributed by atoms with Crippen LogP contribution in [-0.4, -0.2) is 4.57 Å². The molecule has 3 aromatic carbocycles. The van der Waals surface area contributed by atoms with Crippen molar-refractivity contribution in [2.24, 2.45) is 0 Å². The number of hydrogen-bond acceptors (Lipinski definition) is 0. The van der Waals surface area contributed by atoms with Gasteiger partial charge in [0.25, 0.3) is 0 Å². The fourth-order valence-corrected chi connectivity index (χ4v) is 3.27. The lowest BCUT2D eigenvalue weighted by atomic mass is 10.1. The van der Waals surface area contributed by atoms with Gasteiger partial charge in [0.1, 0.15) is 0 Å². The fraction of sp³-hybridized carbons (Fsp3) is 0.100. The van der Waals surface area contributed by atoms with Crippen molar-refractivity contribution in [2.75, 3.05) is 0 Å². The van der Waals surface area contributed by atoms with Crippen LogP contribution in [0.3, 0.4) is 0 Å². The van der Waals surface area contributed by atoms with Gasteiger partial charge >= 0.3 is 0 Å². The van der Waals surface area contributed by atoms with Gasteiger partial charge in [0.15, 0.2) is 0 Å². The maximum Gasteiger partial charge on any atom is 0.0494 e. The Bertz CT molecular complexity index is 882. The van der Waals surface area contributed by atoms with Crippen molar-refractivity contribution in [2.45, 2.75) is 12.4 Å². The van der Waals surface area contributed by atoms with Gasteiger partial charge in [-0.15, -0.1) is 11.6 Å². The predicted molar refractivity (Wildman–Crippen MR) is 94.5 cm³/mol. The van der Waals surface area contributed by atoms with Crippen molar-refractivity contribution in [1.82, 2.24) is 4.57 Å². The zero-order valence-corrected chi connectivity index (χ0v) is 12.9. The Hall–Kier alpha value is -2.25. The second-order valence-corrected chi connectivity index (χ2v) is 5.84. The van der Waals surface area contributed by atoms with Gasteiger partial charge in [-0.3, -0.25) is 0 Å². The van der Waals surface area contributed by atoms with E-state index in [-0.39, 0.29) is 0 Å². The molecule has 2 heteroatoms. The highest BCUT2D eigenvalue weighted by molar-refractivity contribution is 6.17. The van der Waals surface area contributed by atoms with Crippen LogP contribution in [0.15, 0.2) is 72.8 Å². The van der Waals surface area contributed by atoms with Gasteiger partial charge in [0, 0.05) is 34.2 Å². The molecule has 22 heavy (non-hydrogen) atoms. The third-order valence-corrected chi connectivity index (χ3v) is 4.51. The third-order valence-electron chi connectivity index (χ3n) is 4.20. The van der Waals surface area contributed by atoms with E-state index in [4.69, 9.17) is 11.6 Å². The molecule has 0 radical (unpaired) electrons. The molecule has 1 aromatic heterocycles. The van der Waals surface area contributed by atoms with Crippen LogP contribution < -0.4 is 0 Å². The third kappa shape index (κ3) is 2.18. The summed E-state index contributed by atoms with van der Waals surface area (Å²) in [6, 6.07) is 25.8. The maximum atomic E-state index is 5.87. The molecule has 0 atom stereocenters. The van der Waals surface area contributed by atoms with Gasteiger partial charge < -0.3 is 4.57 Å². The van der Waals surface area contributed by atoms with Crippen molar-refractivity contribution in [3.8, 4) is 0 Å². The van der Waals surface area contributed by atoms with Crippen LogP contribution in [0.1, 0.15) is 11.1 Å². The Morgan fingerprint density at radius 3 is 1.68 bits per heavy atom. The summed E-state index contributed by atoms with van der Waals surface area (Å²) in [5.41, 5.74) is 5.02. The van der Waals surface area contributed by atoms with E-state index in [0.717, 1.165) is 12.1 Å². The van der Waals surface area contributed by atoms with E-state index in [1.807, 2.05) is 0 Å². The van der Waals surface area contributed by atoms with Crippen LogP contribution in [0.4, 0.5) is 0 Å². The van der Waals surface area contributed by atoms with E-state index in [2.05, 4.69) is 77.4 Å². The lowest BCUT2D eigenvalue weighted by Crippen LogP contribution is -1.99. The summed E-state index contributed by atoms with van der Waals surface area (Å²) in [5.74, 6) is 0.565. The van der Waals surface area contributed by atoms with Crippen molar-refractivity contribution in [1.29, 1.82) is 0 Å². The number of hydrogen-bond donors (Lipinski definition) is 0. The monoisotopic (exact) mass is 305 g/mol. The maximum absolute atomic E-state index is 5.87. The molecule has 0 spiro atoms. The number of benzene rings is 3. The van der Waals surface area contributed by atoms with Crippen LogP contribution in [0.25, 0.3) is 21.8 Å². The number of nitrogens with zero attached hydrogens (tertiary/aromatic N) is 1. The number of alkyl halides is 1. The van der Waals surface area contributed by atoms with Gasteiger partial charge in [-0.2, -0.15) is 0 Å². The number of fused-ring (bicyclic) bond motifs is 3. The molecule has 0 aliphatic rings. The molecular formula is C20H16ClN. The van der Waals surface area contributed by atoms with E-state index < -0.39 is 0 Å². The summed E-state index contributed by atoms with van der Waals surface area (Å²) in [7, 11) is 0. The normalized spacial score (nSPS) is 11.3. The Morgan fingerprint density at radius 1 is 0.636 bits per heavy atom. The molecule has 0 N–H and O–H groups in total. The smallest absolute Gasteiger partial charge is 0.0494 e. The molecular weight excluding hydrogens is 290 g/mol. The van der Waals surface area contributed by atoms with E-state index in [1.54, 1.807) is 0 Å². The molecule has 0 bridgehead atoms. The number of aromatic nitrogens is 1. The topological polar surface area (TPSA) is 4.93 Å². The van der Waals surface area contributed by atoms with Crippen LogP contribution in [0.5, 0.6) is 0 Å². The quantitative estimate of drug-likeness (QED) is 0.435. The van der Waals surface area contributed by atoms with Crippen LogP contribution >= 0.6 is 11.6 Å². The Balaban J connectivity index is 1.88. The van der Waals surface area contributed by atoms with Crippen molar-refractivity contribution >= 4 is 33.4 Å². The van der Waals surface area contributed by atoms with Gasteiger partial charge in [-0.05, 0) is 23.3 Å². The van der Waals surface area contributed by atoms with Crippen LogP contribution in [0.2, 0.25) is 0 Å². The summed E-state index contributed by atoms with van der Waals surface area (Å²) in [4.78, 5) is 0. The van der Waals surface area contributed by atoms with Crippen molar-refractivity contribution in [3.63, 3.8) is 0 Å². The number of rotatable bonds is 3. The number of halogens is 1. The lowest BCUT2D eigenvalue weighted by molar-refractivity contribution is 0.868. The Labute approximate surface area is 134 Å². The van der Waals surface area contributed by atoms with E-state index >= 15 is 0 Å². The molecule has 0 aliphatic carbocycles. The molecule has 0 saturated carbocycles. The van der Waals surface area contributed by atoms with Gasteiger partial charge in [-0.25, -0.2) is 0 Å². The minimum Gasteiger partial charge on any atom is -0.336 e. The zero-order chi connectivity index (χ0) is 14.9. The van der Waals surface area contributed by atoms with Crippen molar-refractivity contribution in [3.05, 3.63) is 83.9 Å². The first-order valence-electron chi connectivity index (χ1n) is 7.46. The van der Waals surface area contributed by atoms with Crippen LogP contribution in [0, 0.1) is 0 Å². The molecule has 0 fully saturated rings. The van der Waals surface area contributed by atoms with E-state index in [1.165, 1.54) is 27.4 Å². The molecule has 0 saturated heterocycles. The second kappa shape index (κ2) is 5.51. The molecule has 1 heterocycles. The van der Waals surface area contributed by atoms with Crippen molar-refractivity contribution < 1.29 is 0 Å². The minimum atomic E-state index is 0.565. The van der Waals surface area contributed by atoms with Gasteiger partial charge in [0.2, 0.25) is 0 Å². The summed E-state index contributed by atoms with van der Waals surface area (Å²) in [6.45, 7) is 0.872. The molecule has 0 unspecified atom stereocenters. The zero-order valence-electron chi connectivity index (χ0n) is 12.2. The first-order chi connectivity index (χ1) is 10.9. The Kier molecular flexibility index (Phi) is 3.36. The van der Waals surface area contributed by atoms with E-state index in [0.29, 0.717) is 5.88 Å². The molecule has 108 valence electrons. The average molecular weight is 306 g/mol. The minimum absolute atomic E-state index is 0.565. The average Bonchev–Trinajstić information content (AvgIpc) is 2.90. The summed E-state index contributed by atoms with van der Waals surface area (Å²) < 4.78 is 2.39. The molecule has 1 nitrogen and oxygen atoms in total.